The molecule has 18 heavy (non-hydrogen) atoms. The molecule has 0 nitrogen and oxygen atoms in total. The van der Waals surface area contributed by atoms with Crippen LogP contribution < -0.4 is 0 Å². The van der Waals surface area contributed by atoms with Crippen LogP contribution in [0.3, 0.4) is 0 Å². The van der Waals surface area contributed by atoms with Crippen LogP contribution >= 0.6 is 27.7 Å². The van der Waals surface area contributed by atoms with E-state index in [0.717, 1.165) is 5.92 Å². The molecular weight excluding hydrogens is 304 g/mol. The molecule has 1 saturated carbocycles. The summed E-state index contributed by atoms with van der Waals surface area (Å²) in [6.07, 6.45) is 8.60. The van der Waals surface area contributed by atoms with E-state index in [1.54, 1.807) is 0 Å². The van der Waals surface area contributed by atoms with E-state index in [-0.39, 0.29) is 0 Å². The Hall–Kier alpha value is 0.830. The van der Waals surface area contributed by atoms with Crippen molar-refractivity contribution in [3.05, 3.63) is 0 Å². The number of hydrogen-bond donors (Lipinski definition) is 0. The van der Waals surface area contributed by atoms with Crippen LogP contribution in [0.5, 0.6) is 0 Å². The Morgan fingerprint density at radius 1 is 1.22 bits per heavy atom. The molecule has 1 aliphatic carbocycles. The van der Waals surface area contributed by atoms with E-state index < -0.39 is 0 Å². The summed E-state index contributed by atoms with van der Waals surface area (Å²) in [5.74, 6) is 3.57. The summed E-state index contributed by atoms with van der Waals surface area (Å²) in [7, 11) is 0. The molecule has 0 saturated heterocycles. The predicted molar refractivity (Wildman–Crippen MR) is 89.9 cm³/mol. The first-order valence-electron chi connectivity index (χ1n) is 7.57. The third kappa shape index (κ3) is 5.07. The number of halogens is 1. The minimum absolute atomic E-state index is 0.510. The number of alkyl halides is 1. The van der Waals surface area contributed by atoms with Gasteiger partial charge in [-0.1, -0.05) is 43.6 Å². The van der Waals surface area contributed by atoms with Crippen molar-refractivity contribution in [2.24, 2.45) is 16.7 Å². The Balaban J connectivity index is 2.40. The van der Waals surface area contributed by atoms with E-state index in [1.165, 1.54) is 55.4 Å². The Morgan fingerprint density at radius 2 is 1.83 bits per heavy atom. The molecule has 0 unspecified atom stereocenters. The zero-order valence-electron chi connectivity index (χ0n) is 12.7. The van der Waals surface area contributed by atoms with Crippen molar-refractivity contribution >= 4 is 27.7 Å². The van der Waals surface area contributed by atoms with E-state index in [2.05, 4.69) is 55.4 Å². The first kappa shape index (κ1) is 16.9. The van der Waals surface area contributed by atoms with Gasteiger partial charge in [0, 0.05) is 5.33 Å². The highest BCUT2D eigenvalue weighted by Gasteiger charge is 2.37. The predicted octanol–water partition coefficient (Wildman–Crippen LogP) is 6.14. The molecular formula is C16H31BrS. The van der Waals surface area contributed by atoms with Crippen molar-refractivity contribution in [3.63, 3.8) is 0 Å². The second-order valence-electron chi connectivity index (χ2n) is 7.07. The lowest BCUT2D eigenvalue weighted by molar-refractivity contribution is 0.0971. The van der Waals surface area contributed by atoms with E-state index in [0.29, 0.717) is 10.8 Å². The smallest absolute Gasteiger partial charge is 0.00879 e. The summed E-state index contributed by atoms with van der Waals surface area (Å²) in [6, 6.07) is 0. The molecule has 1 aliphatic rings. The Morgan fingerprint density at radius 3 is 2.28 bits per heavy atom. The summed E-state index contributed by atoms with van der Waals surface area (Å²) >= 11 is 5.90. The van der Waals surface area contributed by atoms with Gasteiger partial charge in [0.1, 0.15) is 0 Å². The molecule has 0 aromatic carbocycles. The summed E-state index contributed by atoms with van der Waals surface area (Å²) in [5, 5.41) is 1.22. The van der Waals surface area contributed by atoms with Crippen LogP contribution in [0, 0.1) is 16.7 Å². The fraction of sp³-hybridized carbons (Fsp3) is 1.00. The molecule has 0 bridgehead atoms. The molecule has 0 aromatic rings. The molecule has 1 fully saturated rings. The maximum atomic E-state index is 3.80. The molecule has 0 amide bonds. The lowest BCUT2D eigenvalue weighted by Gasteiger charge is -2.43. The van der Waals surface area contributed by atoms with Crippen molar-refractivity contribution < 1.29 is 0 Å². The highest BCUT2D eigenvalue weighted by molar-refractivity contribution is 9.09. The van der Waals surface area contributed by atoms with Gasteiger partial charge in [-0.3, -0.25) is 0 Å². The highest BCUT2D eigenvalue weighted by Crippen LogP contribution is 2.48. The molecule has 108 valence electrons. The Kier molecular flexibility index (Phi) is 7.10. The van der Waals surface area contributed by atoms with Crippen LogP contribution in [0.4, 0.5) is 0 Å². The van der Waals surface area contributed by atoms with Gasteiger partial charge in [0.05, 0.1) is 0 Å². The molecule has 0 atom stereocenters. The van der Waals surface area contributed by atoms with Gasteiger partial charge < -0.3 is 0 Å². The lowest BCUT2D eigenvalue weighted by Crippen LogP contribution is -2.33. The molecule has 0 N–H and O–H groups in total. The van der Waals surface area contributed by atoms with Gasteiger partial charge >= 0.3 is 0 Å². The molecule has 2 heteroatoms. The third-order valence-electron chi connectivity index (χ3n) is 4.75. The molecule has 0 spiro atoms. The SMILES string of the molecule is CCSCCCC1(CBr)CCC(C(C)(C)C)CC1. The second-order valence-corrected chi connectivity index (χ2v) is 9.03. The monoisotopic (exact) mass is 334 g/mol. The number of hydrogen-bond acceptors (Lipinski definition) is 1. The average molecular weight is 335 g/mol. The van der Waals surface area contributed by atoms with Gasteiger partial charge in [-0.25, -0.2) is 0 Å². The summed E-state index contributed by atoms with van der Waals surface area (Å²) in [6.45, 7) is 9.50. The average Bonchev–Trinajstić information content (AvgIpc) is 2.34. The van der Waals surface area contributed by atoms with E-state index in [4.69, 9.17) is 0 Å². The zero-order valence-corrected chi connectivity index (χ0v) is 15.1. The minimum atomic E-state index is 0.510. The largest absolute Gasteiger partial charge is 0.162 e. The first-order valence-corrected chi connectivity index (χ1v) is 9.85. The Labute approximate surface area is 127 Å². The van der Waals surface area contributed by atoms with Crippen molar-refractivity contribution in [1.82, 2.24) is 0 Å². The van der Waals surface area contributed by atoms with Crippen molar-refractivity contribution in [2.75, 3.05) is 16.8 Å². The van der Waals surface area contributed by atoms with Crippen molar-refractivity contribution in [1.29, 1.82) is 0 Å². The van der Waals surface area contributed by atoms with Gasteiger partial charge in [-0.05, 0) is 66.8 Å². The highest BCUT2D eigenvalue weighted by atomic mass is 79.9. The zero-order chi connectivity index (χ0) is 13.6. The van der Waals surface area contributed by atoms with Gasteiger partial charge in [0.25, 0.3) is 0 Å². The fourth-order valence-electron chi connectivity index (χ4n) is 3.24. The van der Waals surface area contributed by atoms with Crippen molar-refractivity contribution in [3.8, 4) is 0 Å². The lowest BCUT2D eigenvalue weighted by atomic mass is 9.63. The summed E-state index contributed by atoms with van der Waals surface area (Å²) < 4.78 is 0. The van der Waals surface area contributed by atoms with Crippen LogP contribution in [0.1, 0.15) is 66.2 Å². The quantitative estimate of drug-likeness (QED) is 0.415. The molecule has 0 radical (unpaired) electrons. The van der Waals surface area contributed by atoms with Crippen LogP contribution in [-0.4, -0.2) is 16.8 Å². The van der Waals surface area contributed by atoms with Crippen molar-refractivity contribution in [2.45, 2.75) is 66.2 Å². The normalized spacial score (nSPS) is 29.5. The standard InChI is InChI=1S/C16H31BrS/c1-5-18-12-6-9-16(13-17)10-7-14(8-11-16)15(2,3)4/h14H,5-13H2,1-4H3. The second kappa shape index (κ2) is 7.57. The van der Waals surface area contributed by atoms with E-state index in [9.17, 15) is 0 Å². The molecule has 0 heterocycles. The summed E-state index contributed by atoms with van der Waals surface area (Å²) in [4.78, 5) is 0. The molecule has 1 rings (SSSR count). The number of rotatable bonds is 6. The Bertz CT molecular complexity index is 224. The number of thioether (sulfide) groups is 1. The van der Waals surface area contributed by atoms with E-state index in [1.807, 2.05) is 0 Å². The van der Waals surface area contributed by atoms with E-state index >= 15 is 0 Å². The van der Waals surface area contributed by atoms with Gasteiger partial charge in [0.2, 0.25) is 0 Å². The van der Waals surface area contributed by atoms with Crippen LogP contribution in [0.15, 0.2) is 0 Å². The topological polar surface area (TPSA) is 0 Å². The van der Waals surface area contributed by atoms with Crippen LogP contribution in [0.2, 0.25) is 0 Å². The van der Waals surface area contributed by atoms with Crippen LogP contribution in [-0.2, 0) is 0 Å². The van der Waals surface area contributed by atoms with Crippen LogP contribution in [0.25, 0.3) is 0 Å². The minimum Gasteiger partial charge on any atom is -0.162 e. The van der Waals surface area contributed by atoms with Gasteiger partial charge in [-0.2, -0.15) is 11.8 Å². The first-order chi connectivity index (χ1) is 8.43. The fourth-order valence-corrected chi connectivity index (χ4v) is 4.72. The maximum Gasteiger partial charge on any atom is 0.00879 e. The van der Waals surface area contributed by atoms with Gasteiger partial charge in [0.15, 0.2) is 0 Å². The molecule has 0 aromatic heterocycles. The van der Waals surface area contributed by atoms with Gasteiger partial charge in [-0.15, -0.1) is 0 Å². The molecule has 0 aliphatic heterocycles. The summed E-state index contributed by atoms with van der Waals surface area (Å²) in [5.41, 5.74) is 1.13. The third-order valence-corrected chi connectivity index (χ3v) is 6.93. The maximum absolute atomic E-state index is 3.80.